The average Bonchev–Trinajstić information content (AvgIpc) is 3.02. The first-order valence-corrected chi connectivity index (χ1v) is 7.46. The molecule has 5 nitrogen and oxygen atoms in total. The molecule has 2 N–H and O–H groups in total. The summed E-state index contributed by atoms with van der Waals surface area (Å²) in [5.41, 5.74) is 0.852. The number of halogens is 1. The summed E-state index contributed by atoms with van der Waals surface area (Å²) in [6.07, 6.45) is 0.797. The molecule has 2 aromatic rings. The van der Waals surface area contributed by atoms with Gasteiger partial charge in [-0.15, -0.1) is 11.3 Å². The lowest BCUT2D eigenvalue weighted by Crippen LogP contribution is -2.29. The number of carbonyl (C=O) groups excluding carboxylic acids is 2. The number of hydrogen-bond donors (Lipinski definition) is 2. The van der Waals surface area contributed by atoms with E-state index in [0.29, 0.717) is 20.5 Å². The molecule has 0 aliphatic carbocycles. The van der Waals surface area contributed by atoms with Crippen LogP contribution in [0, 0.1) is 0 Å². The van der Waals surface area contributed by atoms with Crippen molar-refractivity contribution < 1.29 is 14.7 Å². The van der Waals surface area contributed by atoms with Crippen LogP contribution in [0.2, 0.25) is 4.34 Å². The molecule has 0 spiro atoms. The molecule has 0 aliphatic rings. The van der Waals surface area contributed by atoms with Crippen LogP contribution in [0.25, 0.3) is 0 Å². The zero-order valence-corrected chi connectivity index (χ0v) is 13.2. The molecule has 0 radical (unpaired) electrons. The van der Waals surface area contributed by atoms with Gasteiger partial charge in [0.15, 0.2) is 5.78 Å². The predicted octanol–water partition coefficient (Wildman–Crippen LogP) is 2.41. The predicted molar refractivity (Wildman–Crippen MR) is 82.0 cm³/mol. The number of aromatic nitrogens is 1. The van der Waals surface area contributed by atoms with Crippen molar-refractivity contribution in [3.63, 3.8) is 0 Å². The maximum absolute atomic E-state index is 12.1. The maximum atomic E-state index is 12.1. The van der Waals surface area contributed by atoms with Crippen molar-refractivity contribution in [1.29, 1.82) is 0 Å². The molecule has 2 aromatic heterocycles. The van der Waals surface area contributed by atoms with Gasteiger partial charge in [0.2, 0.25) is 0 Å². The summed E-state index contributed by atoms with van der Waals surface area (Å²) in [7, 11) is 1.69. The van der Waals surface area contributed by atoms with Gasteiger partial charge in [0.25, 0.3) is 5.91 Å². The SMILES string of the molecule is CC(=O)c1cc(C(=O)NCC(O)c2ccc(Cl)s2)n(C)c1. The molecule has 1 unspecified atom stereocenters. The van der Waals surface area contributed by atoms with Gasteiger partial charge in [0, 0.05) is 30.2 Å². The molecule has 0 saturated carbocycles. The number of aliphatic hydroxyl groups excluding tert-OH is 1. The van der Waals surface area contributed by atoms with Crippen LogP contribution in [0.5, 0.6) is 0 Å². The van der Waals surface area contributed by atoms with E-state index < -0.39 is 6.10 Å². The molecular weight excluding hydrogens is 312 g/mol. The van der Waals surface area contributed by atoms with Gasteiger partial charge >= 0.3 is 0 Å². The Hall–Kier alpha value is -1.63. The van der Waals surface area contributed by atoms with Crippen LogP contribution in [-0.4, -0.2) is 27.9 Å². The van der Waals surface area contributed by atoms with Crippen molar-refractivity contribution in [2.24, 2.45) is 7.05 Å². The topological polar surface area (TPSA) is 71.3 Å². The van der Waals surface area contributed by atoms with Gasteiger partial charge < -0.3 is 15.0 Å². The standard InChI is InChI=1S/C14H15ClN2O3S/c1-8(18)9-5-10(17(2)7-9)14(20)16-6-11(19)12-3-4-13(15)21-12/h3-5,7,11,19H,6H2,1-2H3,(H,16,20). The van der Waals surface area contributed by atoms with E-state index in [9.17, 15) is 14.7 Å². The summed E-state index contributed by atoms with van der Waals surface area (Å²) in [4.78, 5) is 24.0. The number of nitrogens with zero attached hydrogens (tertiary/aromatic N) is 1. The summed E-state index contributed by atoms with van der Waals surface area (Å²) < 4.78 is 2.17. The molecule has 21 heavy (non-hydrogen) atoms. The third-order valence-corrected chi connectivity index (χ3v) is 4.35. The van der Waals surface area contributed by atoms with Crippen LogP contribution in [0.4, 0.5) is 0 Å². The minimum atomic E-state index is -0.806. The van der Waals surface area contributed by atoms with E-state index in [2.05, 4.69) is 5.32 Å². The third-order valence-electron chi connectivity index (χ3n) is 3.02. The van der Waals surface area contributed by atoms with E-state index in [1.54, 1.807) is 29.9 Å². The van der Waals surface area contributed by atoms with Crippen LogP contribution in [0.1, 0.15) is 38.8 Å². The lowest BCUT2D eigenvalue weighted by molar-refractivity contribution is 0.0910. The molecule has 2 rings (SSSR count). The highest BCUT2D eigenvalue weighted by Gasteiger charge is 2.16. The number of amides is 1. The molecule has 7 heteroatoms. The minimum Gasteiger partial charge on any atom is -0.386 e. The smallest absolute Gasteiger partial charge is 0.268 e. The Balaban J connectivity index is 2.00. The molecule has 0 aliphatic heterocycles. The van der Waals surface area contributed by atoms with E-state index in [1.165, 1.54) is 24.3 Å². The van der Waals surface area contributed by atoms with E-state index >= 15 is 0 Å². The van der Waals surface area contributed by atoms with Crippen molar-refractivity contribution in [2.45, 2.75) is 13.0 Å². The first-order chi connectivity index (χ1) is 9.88. The molecule has 2 heterocycles. The summed E-state index contributed by atoms with van der Waals surface area (Å²) in [6, 6.07) is 4.95. The van der Waals surface area contributed by atoms with Crippen molar-refractivity contribution in [2.75, 3.05) is 6.54 Å². The van der Waals surface area contributed by atoms with E-state index in [1.807, 2.05) is 0 Å². The Labute approximate surface area is 131 Å². The summed E-state index contributed by atoms with van der Waals surface area (Å²) in [5.74, 6) is -0.440. The van der Waals surface area contributed by atoms with Crippen LogP contribution < -0.4 is 5.32 Å². The number of thiophene rings is 1. The molecular formula is C14H15ClN2O3S. The van der Waals surface area contributed by atoms with Gasteiger partial charge in [-0.05, 0) is 25.1 Å². The molecule has 0 fully saturated rings. The number of aliphatic hydroxyl groups is 1. The largest absolute Gasteiger partial charge is 0.386 e. The molecule has 112 valence electrons. The van der Waals surface area contributed by atoms with Gasteiger partial charge in [0.05, 0.1) is 4.34 Å². The molecule has 1 amide bonds. The number of hydrogen-bond acceptors (Lipinski definition) is 4. The number of carbonyl (C=O) groups is 2. The van der Waals surface area contributed by atoms with Crippen molar-refractivity contribution >= 4 is 34.6 Å². The zero-order valence-electron chi connectivity index (χ0n) is 11.6. The third kappa shape index (κ3) is 3.72. The Morgan fingerprint density at radius 1 is 1.48 bits per heavy atom. The highest BCUT2D eigenvalue weighted by molar-refractivity contribution is 7.16. The first-order valence-electron chi connectivity index (χ1n) is 6.27. The Bertz CT molecular complexity index is 678. The zero-order chi connectivity index (χ0) is 15.6. The Morgan fingerprint density at radius 2 is 2.19 bits per heavy atom. The van der Waals surface area contributed by atoms with Crippen LogP contribution in [-0.2, 0) is 7.05 Å². The molecule has 0 aromatic carbocycles. The number of Topliss-reactive ketones (excluding diaryl/α,β-unsaturated/α-hetero) is 1. The fraction of sp³-hybridized carbons (Fsp3) is 0.286. The lowest BCUT2D eigenvalue weighted by Gasteiger charge is -2.10. The monoisotopic (exact) mass is 326 g/mol. The summed E-state index contributed by atoms with van der Waals surface area (Å²) >= 11 is 7.07. The van der Waals surface area contributed by atoms with Crippen LogP contribution in [0.15, 0.2) is 24.4 Å². The first kappa shape index (κ1) is 15.8. The lowest BCUT2D eigenvalue weighted by atomic mass is 10.2. The minimum absolute atomic E-state index is 0.0796. The van der Waals surface area contributed by atoms with Gasteiger partial charge in [-0.25, -0.2) is 0 Å². The number of aryl methyl sites for hydroxylation is 1. The van der Waals surface area contributed by atoms with Gasteiger partial charge in [-0.1, -0.05) is 11.6 Å². The highest BCUT2D eigenvalue weighted by atomic mass is 35.5. The maximum Gasteiger partial charge on any atom is 0.268 e. The molecule has 0 bridgehead atoms. The van der Waals surface area contributed by atoms with Gasteiger partial charge in [-0.3, -0.25) is 9.59 Å². The number of rotatable bonds is 5. The normalized spacial score (nSPS) is 12.2. The second kappa shape index (κ2) is 6.43. The Morgan fingerprint density at radius 3 is 2.71 bits per heavy atom. The van der Waals surface area contributed by atoms with Crippen molar-refractivity contribution in [3.8, 4) is 0 Å². The second-order valence-electron chi connectivity index (χ2n) is 4.65. The fourth-order valence-corrected chi connectivity index (χ4v) is 2.92. The Kier molecular flexibility index (Phi) is 4.82. The van der Waals surface area contributed by atoms with Gasteiger partial charge in [0.1, 0.15) is 11.8 Å². The number of ketones is 1. The van der Waals surface area contributed by atoms with E-state index in [4.69, 9.17) is 11.6 Å². The number of nitrogens with one attached hydrogen (secondary N) is 1. The summed E-state index contributed by atoms with van der Waals surface area (Å²) in [6.45, 7) is 1.53. The van der Waals surface area contributed by atoms with Crippen LogP contribution in [0.3, 0.4) is 0 Å². The molecule has 1 atom stereocenters. The van der Waals surface area contributed by atoms with E-state index in [0.717, 1.165) is 0 Å². The van der Waals surface area contributed by atoms with Crippen molar-refractivity contribution in [3.05, 3.63) is 44.9 Å². The van der Waals surface area contributed by atoms with E-state index in [-0.39, 0.29) is 18.2 Å². The fourth-order valence-electron chi connectivity index (χ4n) is 1.87. The van der Waals surface area contributed by atoms with Crippen molar-refractivity contribution in [1.82, 2.24) is 9.88 Å². The quantitative estimate of drug-likeness (QED) is 0.829. The summed E-state index contributed by atoms with van der Waals surface area (Å²) in [5, 5.41) is 12.6. The van der Waals surface area contributed by atoms with Gasteiger partial charge in [-0.2, -0.15) is 0 Å². The highest BCUT2D eigenvalue weighted by Crippen LogP contribution is 2.26. The second-order valence-corrected chi connectivity index (χ2v) is 6.40. The van der Waals surface area contributed by atoms with Crippen LogP contribution >= 0.6 is 22.9 Å². The molecule has 0 saturated heterocycles. The average molecular weight is 327 g/mol.